The van der Waals surface area contributed by atoms with Crippen molar-refractivity contribution in [3.05, 3.63) is 35.2 Å². The summed E-state index contributed by atoms with van der Waals surface area (Å²) in [6.45, 7) is 15.7. The smallest absolute Gasteiger partial charge is 0.271 e. The summed E-state index contributed by atoms with van der Waals surface area (Å²) < 4.78 is 0. The first-order chi connectivity index (χ1) is 20.2. The number of hydrogen-bond acceptors (Lipinski definition) is 7. The first kappa shape index (κ1) is 32.1. The van der Waals surface area contributed by atoms with E-state index >= 15 is 0 Å². The minimum absolute atomic E-state index is 0.185. The highest BCUT2D eigenvalue weighted by molar-refractivity contribution is 5.96. The maximum atomic E-state index is 12.5. The maximum Gasteiger partial charge on any atom is 0.271 e. The van der Waals surface area contributed by atoms with Crippen LogP contribution in [0.2, 0.25) is 0 Å². The van der Waals surface area contributed by atoms with Gasteiger partial charge in [-0.15, -0.1) is 0 Å². The Bertz CT molecular complexity index is 1180. The van der Waals surface area contributed by atoms with Crippen LogP contribution in [-0.2, 0) is 6.42 Å². The van der Waals surface area contributed by atoms with Crippen LogP contribution >= 0.6 is 0 Å². The van der Waals surface area contributed by atoms with Crippen molar-refractivity contribution in [2.24, 2.45) is 17.1 Å². The lowest BCUT2D eigenvalue weighted by molar-refractivity contribution is 0.0944. The number of anilines is 4. The molecule has 1 aromatic carbocycles. The molecule has 232 valence electrons. The number of rotatable bonds is 13. The second-order valence-corrected chi connectivity index (χ2v) is 13.1. The third-order valence-corrected chi connectivity index (χ3v) is 9.89. The molecule has 0 saturated carbocycles. The van der Waals surface area contributed by atoms with Gasteiger partial charge >= 0.3 is 0 Å². The quantitative estimate of drug-likeness (QED) is 0.238. The molecule has 4 rings (SSSR count). The van der Waals surface area contributed by atoms with E-state index in [4.69, 9.17) is 15.7 Å². The normalized spacial score (nSPS) is 18.6. The highest BCUT2D eigenvalue weighted by atomic mass is 16.1. The Morgan fingerprint density at radius 1 is 1.00 bits per heavy atom. The van der Waals surface area contributed by atoms with Gasteiger partial charge in [-0.1, -0.05) is 40.5 Å². The van der Waals surface area contributed by atoms with Crippen LogP contribution in [0.25, 0.3) is 0 Å². The second-order valence-electron chi connectivity index (χ2n) is 13.1. The number of benzene rings is 1. The largest absolute Gasteiger partial charge is 0.371 e. The number of carbonyl (C=O) groups is 1. The number of nitrogens with zero attached hydrogens (tertiary/aromatic N) is 4. The zero-order valence-corrected chi connectivity index (χ0v) is 27.1. The third-order valence-electron chi connectivity index (χ3n) is 9.89. The number of nitrogens with two attached hydrogens (primary N) is 1. The fourth-order valence-corrected chi connectivity index (χ4v) is 6.65. The van der Waals surface area contributed by atoms with Crippen molar-refractivity contribution in [1.82, 2.24) is 14.9 Å². The summed E-state index contributed by atoms with van der Waals surface area (Å²) in [7, 11) is 2.24. The summed E-state index contributed by atoms with van der Waals surface area (Å²) in [5, 5.41) is 7.08. The maximum absolute atomic E-state index is 12.5. The predicted molar refractivity (Wildman–Crippen MR) is 176 cm³/mol. The molecule has 2 aliphatic rings. The Morgan fingerprint density at radius 3 is 2.29 bits per heavy atom. The molecular weight excluding hydrogens is 522 g/mol. The zero-order valence-electron chi connectivity index (χ0n) is 27.1. The zero-order chi connectivity index (χ0) is 30.3. The average Bonchev–Trinajstić information content (AvgIpc) is 2.98. The molecule has 2 unspecified atom stereocenters. The van der Waals surface area contributed by atoms with Crippen molar-refractivity contribution in [1.29, 1.82) is 0 Å². The van der Waals surface area contributed by atoms with Crippen LogP contribution in [0.15, 0.2) is 18.2 Å². The average molecular weight is 578 g/mol. The molecule has 3 heterocycles. The van der Waals surface area contributed by atoms with Gasteiger partial charge in [0.1, 0.15) is 5.82 Å². The molecule has 1 spiro atoms. The van der Waals surface area contributed by atoms with Gasteiger partial charge in [-0.05, 0) is 114 Å². The monoisotopic (exact) mass is 577 g/mol. The number of hydrogen-bond donors (Lipinski definition) is 3. The molecule has 1 aromatic heterocycles. The molecule has 0 bridgehead atoms. The van der Waals surface area contributed by atoms with Crippen LogP contribution in [0.1, 0.15) is 107 Å². The first-order valence-corrected chi connectivity index (χ1v) is 16.4. The van der Waals surface area contributed by atoms with Gasteiger partial charge in [0.25, 0.3) is 5.91 Å². The fraction of sp³-hybridized carbons (Fsp3) is 0.676. The van der Waals surface area contributed by atoms with Gasteiger partial charge in [0.05, 0.1) is 5.69 Å². The van der Waals surface area contributed by atoms with Crippen molar-refractivity contribution in [2.45, 2.75) is 105 Å². The highest BCUT2D eigenvalue weighted by Crippen LogP contribution is 2.42. The Balaban J connectivity index is 1.50. The van der Waals surface area contributed by atoms with E-state index in [1.807, 2.05) is 6.92 Å². The molecule has 2 aliphatic heterocycles. The highest BCUT2D eigenvalue weighted by Gasteiger charge is 2.37. The van der Waals surface area contributed by atoms with Gasteiger partial charge in [0.2, 0.25) is 0 Å². The van der Waals surface area contributed by atoms with Gasteiger partial charge in [0.15, 0.2) is 11.5 Å². The van der Waals surface area contributed by atoms with E-state index in [9.17, 15) is 4.79 Å². The summed E-state index contributed by atoms with van der Waals surface area (Å²) in [6.07, 6.45) is 11.5. The SMILES string of the molecule is CCCC(CCC(C)CC)Nc1nc(Nc2ccc(N3CCC4(CCN(C)CC4)CC3)c(C)c2)c(C(N)=O)nc1CC. The molecule has 2 atom stereocenters. The summed E-state index contributed by atoms with van der Waals surface area (Å²) in [5.74, 6) is 1.28. The molecule has 1 amide bonds. The molecular formula is C34H55N7O. The molecule has 0 aliphatic carbocycles. The summed E-state index contributed by atoms with van der Waals surface area (Å²) in [5.41, 5.74) is 10.7. The second kappa shape index (κ2) is 14.5. The fourth-order valence-electron chi connectivity index (χ4n) is 6.65. The Morgan fingerprint density at radius 2 is 1.69 bits per heavy atom. The van der Waals surface area contributed by atoms with E-state index in [1.165, 1.54) is 62.9 Å². The van der Waals surface area contributed by atoms with Gasteiger partial charge < -0.3 is 26.2 Å². The van der Waals surface area contributed by atoms with E-state index in [1.54, 1.807) is 0 Å². The van der Waals surface area contributed by atoms with Gasteiger partial charge in [-0.3, -0.25) is 4.79 Å². The van der Waals surface area contributed by atoms with Crippen molar-refractivity contribution < 1.29 is 4.79 Å². The first-order valence-electron chi connectivity index (χ1n) is 16.4. The van der Waals surface area contributed by atoms with Gasteiger partial charge in [0, 0.05) is 30.5 Å². The number of carbonyl (C=O) groups excluding carboxylic acids is 1. The number of aryl methyl sites for hydroxylation is 2. The molecule has 0 radical (unpaired) electrons. The van der Waals surface area contributed by atoms with Gasteiger partial charge in [-0.2, -0.15) is 0 Å². The molecule has 4 N–H and O–H groups in total. The number of nitrogens with one attached hydrogen (secondary N) is 2. The molecule has 2 saturated heterocycles. The summed E-state index contributed by atoms with van der Waals surface area (Å²) >= 11 is 0. The van der Waals surface area contributed by atoms with Crippen molar-refractivity contribution in [2.75, 3.05) is 48.8 Å². The molecule has 2 fully saturated rings. The Hall–Kier alpha value is -2.87. The van der Waals surface area contributed by atoms with E-state index in [-0.39, 0.29) is 5.69 Å². The van der Waals surface area contributed by atoms with Crippen LogP contribution in [-0.4, -0.2) is 60.0 Å². The van der Waals surface area contributed by atoms with Crippen LogP contribution in [0.3, 0.4) is 0 Å². The van der Waals surface area contributed by atoms with E-state index < -0.39 is 5.91 Å². The van der Waals surface area contributed by atoms with Crippen LogP contribution in [0, 0.1) is 18.3 Å². The number of primary amides is 1. The Labute approximate surface area is 254 Å². The molecule has 2 aromatic rings. The number of likely N-dealkylation sites (tertiary alicyclic amines) is 1. The topological polar surface area (TPSA) is 99.4 Å². The lowest BCUT2D eigenvalue weighted by Gasteiger charge is -2.47. The van der Waals surface area contributed by atoms with Gasteiger partial charge in [-0.25, -0.2) is 9.97 Å². The van der Waals surface area contributed by atoms with E-state index in [2.05, 4.69) is 73.4 Å². The minimum Gasteiger partial charge on any atom is -0.371 e. The number of amides is 1. The predicted octanol–water partition coefficient (Wildman–Crippen LogP) is 6.91. The lowest BCUT2D eigenvalue weighted by atomic mass is 9.71. The molecule has 8 nitrogen and oxygen atoms in total. The van der Waals surface area contributed by atoms with Crippen LogP contribution in [0.5, 0.6) is 0 Å². The van der Waals surface area contributed by atoms with E-state index in [0.717, 1.165) is 49.6 Å². The van der Waals surface area contributed by atoms with Crippen LogP contribution in [0.4, 0.5) is 23.0 Å². The van der Waals surface area contributed by atoms with Crippen molar-refractivity contribution in [3.63, 3.8) is 0 Å². The Kier molecular flexibility index (Phi) is 11.1. The van der Waals surface area contributed by atoms with E-state index in [0.29, 0.717) is 29.6 Å². The lowest BCUT2D eigenvalue weighted by Crippen LogP contribution is -2.46. The minimum atomic E-state index is -0.572. The number of piperidine rings is 2. The molecule has 8 heteroatoms. The van der Waals surface area contributed by atoms with Crippen molar-refractivity contribution in [3.8, 4) is 0 Å². The number of aromatic nitrogens is 2. The third kappa shape index (κ3) is 7.94. The standard InChI is InChI=1S/C34H55N7O/c1-7-10-26(12-11-24(4)8-2)36-32-28(9-3)38-30(31(35)42)33(39-32)37-27-13-14-29(25(5)23-27)41-21-17-34(18-22-41)15-19-40(6)20-16-34/h13-14,23-24,26H,7-12,15-22H2,1-6H3,(H2,35,42)(H2,36,37,39). The summed E-state index contributed by atoms with van der Waals surface area (Å²) in [6, 6.07) is 6.75. The van der Waals surface area contributed by atoms with Crippen LogP contribution < -0.4 is 21.3 Å². The van der Waals surface area contributed by atoms with Crippen molar-refractivity contribution >= 4 is 28.9 Å². The molecule has 42 heavy (non-hydrogen) atoms. The summed E-state index contributed by atoms with van der Waals surface area (Å²) in [4.78, 5) is 27.1.